The van der Waals surface area contributed by atoms with E-state index >= 15 is 0 Å². The Balaban J connectivity index is 1.37. The molecule has 12 heteroatoms. The summed E-state index contributed by atoms with van der Waals surface area (Å²) in [4.78, 5) is 24.7. The number of H-pyrrole nitrogens is 1. The molecule has 0 aliphatic carbocycles. The van der Waals surface area contributed by atoms with Crippen LogP contribution in [0.15, 0.2) is 46.1 Å². The van der Waals surface area contributed by atoms with Crippen LogP contribution in [0.25, 0.3) is 21.6 Å². The molecule has 1 aliphatic rings. The molecule has 0 radical (unpaired) electrons. The van der Waals surface area contributed by atoms with Gasteiger partial charge in [-0.2, -0.15) is 0 Å². The number of rotatable bonds is 6. The monoisotopic (exact) mass is 535 g/mol. The summed E-state index contributed by atoms with van der Waals surface area (Å²) in [6, 6.07) is 8.73. The molecule has 0 atom stereocenters. The first kappa shape index (κ1) is 23.3. The Morgan fingerprint density at radius 2 is 2.03 bits per heavy atom. The lowest BCUT2D eigenvalue weighted by atomic mass is 10.2. The SMILES string of the molecule is CC(=O)N1CCN(Cc2cnc(-c3cc4ccc(Cl)c(NS(=O)(=O)c5cccs5)c4[nH]3)s2)CC1. The van der Waals surface area contributed by atoms with Crippen molar-refractivity contribution in [2.75, 3.05) is 30.9 Å². The minimum atomic E-state index is -3.74. The Kier molecular flexibility index (Phi) is 6.38. The molecule has 178 valence electrons. The predicted molar refractivity (Wildman–Crippen MR) is 137 cm³/mol. The lowest BCUT2D eigenvalue weighted by molar-refractivity contribution is -0.130. The third-order valence-electron chi connectivity index (χ3n) is 5.72. The minimum Gasteiger partial charge on any atom is -0.351 e. The van der Waals surface area contributed by atoms with Gasteiger partial charge in [-0.15, -0.1) is 22.7 Å². The van der Waals surface area contributed by atoms with Gasteiger partial charge in [-0.1, -0.05) is 23.7 Å². The number of piperazine rings is 1. The number of aromatic amines is 1. The maximum Gasteiger partial charge on any atom is 0.271 e. The number of aromatic nitrogens is 2. The van der Waals surface area contributed by atoms with Gasteiger partial charge in [-0.05, 0) is 23.6 Å². The smallest absolute Gasteiger partial charge is 0.271 e. The van der Waals surface area contributed by atoms with Gasteiger partial charge in [-0.25, -0.2) is 13.4 Å². The van der Waals surface area contributed by atoms with Crippen LogP contribution in [0.3, 0.4) is 0 Å². The second kappa shape index (κ2) is 9.31. The Labute approximate surface area is 210 Å². The maximum atomic E-state index is 12.8. The topological polar surface area (TPSA) is 98.4 Å². The Hall–Kier alpha value is -2.44. The number of thiophene rings is 1. The van der Waals surface area contributed by atoms with Gasteiger partial charge in [0.2, 0.25) is 5.91 Å². The Bertz CT molecular complexity index is 1440. The number of fused-ring (bicyclic) bond motifs is 1. The van der Waals surface area contributed by atoms with Crippen molar-refractivity contribution in [1.29, 1.82) is 0 Å². The fourth-order valence-corrected chi connectivity index (χ4v) is 7.21. The van der Waals surface area contributed by atoms with Crippen LogP contribution >= 0.6 is 34.3 Å². The van der Waals surface area contributed by atoms with Crippen LogP contribution in [0.2, 0.25) is 5.02 Å². The van der Waals surface area contributed by atoms with Crippen LogP contribution in [0.1, 0.15) is 11.8 Å². The zero-order chi connectivity index (χ0) is 23.9. The van der Waals surface area contributed by atoms with Gasteiger partial charge < -0.3 is 9.88 Å². The van der Waals surface area contributed by atoms with Crippen LogP contribution in [-0.4, -0.2) is 60.3 Å². The molecule has 4 heterocycles. The van der Waals surface area contributed by atoms with Crippen LogP contribution in [0.5, 0.6) is 0 Å². The number of hydrogen-bond donors (Lipinski definition) is 2. The standard InChI is InChI=1S/C22H22ClN5O3S3/c1-14(29)28-8-6-27(7-9-28)13-16-12-24-22(33-16)18-11-15-4-5-17(23)21(20(15)25-18)26-34(30,31)19-3-2-10-32-19/h2-5,10-12,25-26H,6-9,13H2,1H3. The van der Waals surface area contributed by atoms with E-state index < -0.39 is 10.0 Å². The molecule has 1 aromatic carbocycles. The van der Waals surface area contributed by atoms with E-state index in [9.17, 15) is 13.2 Å². The summed E-state index contributed by atoms with van der Waals surface area (Å²) in [7, 11) is -3.74. The fourth-order valence-electron chi connectivity index (χ4n) is 3.94. The van der Waals surface area contributed by atoms with E-state index in [2.05, 4.69) is 19.6 Å². The quantitative estimate of drug-likeness (QED) is 0.379. The zero-order valence-electron chi connectivity index (χ0n) is 18.2. The molecule has 0 saturated carbocycles. The van der Waals surface area contributed by atoms with Gasteiger partial charge in [0, 0.05) is 56.1 Å². The number of hydrogen-bond acceptors (Lipinski definition) is 7. The summed E-state index contributed by atoms with van der Waals surface area (Å²) < 4.78 is 28.4. The molecule has 0 unspecified atom stereocenters. The number of benzene rings is 1. The molecular weight excluding hydrogens is 514 g/mol. The first-order valence-electron chi connectivity index (χ1n) is 10.6. The van der Waals surface area contributed by atoms with Crippen molar-refractivity contribution in [3.8, 4) is 10.7 Å². The van der Waals surface area contributed by atoms with Gasteiger partial charge in [-0.3, -0.25) is 14.4 Å². The van der Waals surface area contributed by atoms with Gasteiger partial charge >= 0.3 is 0 Å². The molecule has 34 heavy (non-hydrogen) atoms. The van der Waals surface area contributed by atoms with E-state index in [0.29, 0.717) is 16.2 Å². The predicted octanol–water partition coefficient (Wildman–Crippen LogP) is 4.47. The number of anilines is 1. The molecule has 5 rings (SSSR count). The summed E-state index contributed by atoms with van der Waals surface area (Å²) in [6.45, 7) is 5.55. The summed E-state index contributed by atoms with van der Waals surface area (Å²) >= 11 is 9.12. The average Bonchev–Trinajstić information content (AvgIpc) is 3.57. The van der Waals surface area contributed by atoms with Crippen molar-refractivity contribution in [3.63, 3.8) is 0 Å². The normalized spacial score (nSPS) is 15.2. The van der Waals surface area contributed by atoms with Gasteiger partial charge in [0.25, 0.3) is 10.0 Å². The van der Waals surface area contributed by atoms with E-state index in [4.69, 9.17) is 11.6 Å². The van der Waals surface area contributed by atoms with Crippen molar-refractivity contribution in [1.82, 2.24) is 19.8 Å². The van der Waals surface area contributed by atoms with Crippen molar-refractivity contribution in [3.05, 3.63) is 51.8 Å². The number of thiazole rings is 1. The number of nitrogens with zero attached hydrogens (tertiary/aromatic N) is 3. The van der Waals surface area contributed by atoms with E-state index in [0.717, 1.165) is 65.0 Å². The van der Waals surface area contributed by atoms with Crippen molar-refractivity contribution in [2.24, 2.45) is 0 Å². The highest BCUT2D eigenvalue weighted by molar-refractivity contribution is 7.94. The third-order valence-corrected chi connectivity index (χ3v) is 9.80. The van der Waals surface area contributed by atoms with E-state index in [1.165, 1.54) is 0 Å². The lowest BCUT2D eigenvalue weighted by Gasteiger charge is -2.33. The fraction of sp³-hybridized carbons (Fsp3) is 0.273. The molecule has 2 N–H and O–H groups in total. The first-order valence-corrected chi connectivity index (χ1v) is 14.2. The van der Waals surface area contributed by atoms with Gasteiger partial charge in [0.15, 0.2) is 0 Å². The molecule has 1 fully saturated rings. The molecule has 0 bridgehead atoms. The maximum absolute atomic E-state index is 12.8. The van der Waals surface area contributed by atoms with E-state index in [1.807, 2.05) is 23.2 Å². The number of halogens is 1. The Morgan fingerprint density at radius 3 is 2.74 bits per heavy atom. The van der Waals surface area contributed by atoms with Gasteiger partial charge in [0.05, 0.1) is 21.9 Å². The van der Waals surface area contributed by atoms with Crippen LogP contribution < -0.4 is 4.72 Å². The zero-order valence-corrected chi connectivity index (χ0v) is 21.5. The number of nitrogens with one attached hydrogen (secondary N) is 2. The largest absolute Gasteiger partial charge is 0.351 e. The number of carbonyl (C=O) groups excluding carboxylic acids is 1. The highest BCUT2D eigenvalue weighted by atomic mass is 35.5. The van der Waals surface area contributed by atoms with E-state index in [-0.39, 0.29) is 10.1 Å². The van der Waals surface area contributed by atoms with E-state index in [1.54, 1.807) is 41.8 Å². The summed E-state index contributed by atoms with van der Waals surface area (Å²) in [5, 5.41) is 3.68. The molecule has 4 aromatic rings. The van der Waals surface area contributed by atoms with Crippen molar-refractivity contribution in [2.45, 2.75) is 17.7 Å². The molecule has 8 nitrogen and oxygen atoms in total. The minimum absolute atomic E-state index is 0.121. The summed E-state index contributed by atoms with van der Waals surface area (Å²) in [6.07, 6.45) is 1.87. The molecule has 1 amide bonds. The molecule has 1 aliphatic heterocycles. The molecule has 3 aromatic heterocycles. The van der Waals surface area contributed by atoms with Gasteiger partial charge in [0.1, 0.15) is 9.22 Å². The highest BCUT2D eigenvalue weighted by Crippen LogP contribution is 2.36. The van der Waals surface area contributed by atoms with Crippen molar-refractivity contribution >= 4 is 66.8 Å². The number of sulfonamides is 1. The number of carbonyl (C=O) groups is 1. The number of amides is 1. The van der Waals surface area contributed by atoms with Crippen LogP contribution in [0, 0.1) is 0 Å². The molecule has 0 spiro atoms. The second-order valence-corrected chi connectivity index (χ2v) is 12.4. The van der Waals surface area contributed by atoms with Crippen LogP contribution in [-0.2, 0) is 21.4 Å². The highest BCUT2D eigenvalue weighted by Gasteiger charge is 2.22. The Morgan fingerprint density at radius 1 is 1.24 bits per heavy atom. The average molecular weight is 536 g/mol. The molecular formula is C22H22ClN5O3S3. The lowest BCUT2D eigenvalue weighted by Crippen LogP contribution is -2.47. The summed E-state index contributed by atoms with van der Waals surface area (Å²) in [5.41, 5.74) is 1.73. The van der Waals surface area contributed by atoms with Crippen molar-refractivity contribution < 1.29 is 13.2 Å². The third kappa shape index (κ3) is 4.71. The second-order valence-electron chi connectivity index (χ2n) is 8.02. The molecule has 1 saturated heterocycles. The van der Waals surface area contributed by atoms with Crippen LogP contribution in [0.4, 0.5) is 5.69 Å². The summed E-state index contributed by atoms with van der Waals surface area (Å²) in [5.74, 6) is 0.121. The first-order chi connectivity index (χ1) is 16.3.